The molecule has 0 aromatic heterocycles. The van der Waals surface area contributed by atoms with Gasteiger partial charge in [0.1, 0.15) is 17.6 Å². The molecule has 2 aromatic carbocycles. The zero-order chi connectivity index (χ0) is 20.0. The predicted molar refractivity (Wildman–Crippen MR) is 93.0 cm³/mol. The Balaban J connectivity index is 2.63. The van der Waals surface area contributed by atoms with Gasteiger partial charge in [-0.25, -0.2) is 18.0 Å². The van der Waals surface area contributed by atoms with Crippen LogP contribution in [0.5, 0.6) is 5.75 Å². The van der Waals surface area contributed by atoms with Crippen molar-refractivity contribution in [3.05, 3.63) is 66.1 Å². The van der Waals surface area contributed by atoms with E-state index >= 15 is 0 Å². The van der Waals surface area contributed by atoms with Gasteiger partial charge in [0.25, 0.3) is 0 Å². The quantitative estimate of drug-likeness (QED) is 0.433. The summed E-state index contributed by atoms with van der Waals surface area (Å²) in [5, 5.41) is 9.58. The van der Waals surface area contributed by atoms with Crippen LogP contribution in [-0.2, 0) is 24.1 Å². The Morgan fingerprint density at radius 3 is 2.22 bits per heavy atom. The van der Waals surface area contributed by atoms with Gasteiger partial charge in [-0.3, -0.25) is 0 Å². The van der Waals surface area contributed by atoms with Gasteiger partial charge in [0.05, 0.1) is 24.0 Å². The number of rotatable bonds is 7. The zero-order valence-corrected chi connectivity index (χ0v) is 15.2. The molecule has 0 amide bonds. The van der Waals surface area contributed by atoms with Gasteiger partial charge in [0.2, 0.25) is 15.6 Å². The van der Waals surface area contributed by atoms with Gasteiger partial charge in [-0.05, 0) is 24.3 Å². The lowest BCUT2D eigenvalue weighted by Gasteiger charge is -2.14. The van der Waals surface area contributed by atoms with E-state index in [0.29, 0.717) is 0 Å². The SMILES string of the molecule is COC=C(Oc1cccc(S(=O)(=O)c2ccccc2)c1C(=O)O)C(=O)OC. The van der Waals surface area contributed by atoms with Gasteiger partial charge in [-0.2, -0.15) is 0 Å². The van der Waals surface area contributed by atoms with Crippen LogP contribution in [0.4, 0.5) is 0 Å². The van der Waals surface area contributed by atoms with Gasteiger partial charge >= 0.3 is 11.9 Å². The van der Waals surface area contributed by atoms with E-state index in [0.717, 1.165) is 19.4 Å². The van der Waals surface area contributed by atoms with E-state index < -0.39 is 38.0 Å². The van der Waals surface area contributed by atoms with Crippen molar-refractivity contribution in [3.8, 4) is 5.75 Å². The minimum atomic E-state index is -4.14. The smallest absolute Gasteiger partial charge is 0.377 e. The first-order valence-electron chi connectivity index (χ1n) is 7.48. The molecule has 0 aliphatic rings. The van der Waals surface area contributed by atoms with Crippen LogP contribution >= 0.6 is 0 Å². The molecule has 2 rings (SSSR count). The molecule has 9 heteroatoms. The van der Waals surface area contributed by atoms with E-state index in [2.05, 4.69) is 4.74 Å². The van der Waals surface area contributed by atoms with E-state index in [4.69, 9.17) is 9.47 Å². The zero-order valence-electron chi connectivity index (χ0n) is 14.4. The molecule has 0 aliphatic heterocycles. The molecule has 0 saturated carbocycles. The number of carbonyl (C=O) groups excluding carboxylic acids is 1. The van der Waals surface area contributed by atoms with Crippen molar-refractivity contribution in [3.63, 3.8) is 0 Å². The highest BCUT2D eigenvalue weighted by Crippen LogP contribution is 2.31. The highest BCUT2D eigenvalue weighted by molar-refractivity contribution is 7.91. The van der Waals surface area contributed by atoms with Crippen molar-refractivity contribution in [2.45, 2.75) is 9.79 Å². The van der Waals surface area contributed by atoms with E-state index in [1.54, 1.807) is 6.07 Å². The fourth-order valence-electron chi connectivity index (χ4n) is 2.20. The molecule has 0 spiro atoms. The third kappa shape index (κ3) is 4.26. The Labute approximate surface area is 155 Å². The summed E-state index contributed by atoms with van der Waals surface area (Å²) >= 11 is 0. The minimum Gasteiger partial charge on any atom is -0.500 e. The summed E-state index contributed by atoms with van der Waals surface area (Å²) in [5.41, 5.74) is -0.618. The van der Waals surface area contributed by atoms with Crippen molar-refractivity contribution in [1.29, 1.82) is 0 Å². The summed E-state index contributed by atoms with van der Waals surface area (Å²) in [5.74, 6) is -3.27. The van der Waals surface area contributed by atoms with Crippen molar-refractivity contribution in [1.82, 2.24) is 0 Å². The van der Waals surface area contributed by atoms with Gasteiger partial charge < -0.3 is 19.3 Å². The maximum Gasteiger partial charge on any atom is 0.377 e. The topological polar surface area (TPSA) is 116 Å². The van der Waals surface area contributed by atoms with Crippen LogP contribution in [0, 0.1) is 0 Å². The lowest BCUT2D eigenvalue weighted by atomic mass is 10.2. The van der Waals surface area contributed by atoms with Crippen LogP contribution in [0.15, 0.2) is 70.3 Å². The monoisotopic (exact) mass is 392 g/mol. The Bertz CT molecular complexity index is 978. The fraction of sp³-hybridized carbons (Fsp3) is 0.111. The maximum atomic E-state index is 12.9. The standard InChI is InChI=1S/C18H16O8S/c1-24-11-14(18(21)25-2)26-13-9-6-10-15(16(13)17(19)20)27(22,23)12-7-4-3-5-8-12/h3-11H,1-2H3,(H,19,20). The summed E-state index contributed by atoms with van der Waals surface area (Å²) < 4.78 is 40.3. The number of ether oxygens (including phenoxy) is 3. The second kappa shape index (κ2) is 8.37. The van der Waals surface area contributed by atoms with Crippen molar-refractivity contribution >= 4 is 21.8 Å². The molecule has 0 atom stereocenters. The summed E-state index contributed by atoms with van der Waals surface area (Å²) in [6, 6.07) is 11.0. The van der Waals surface area contributed by atoms with Crippen LogP contribution in [0.2, 0.25) is 0 Å². The maximum absolute atomic E-state index is 12.9. The van der Waals surface area contributed by atoms with Gasteiger partial charge in [0, 0.05) is 0 Å². The largest absolute Gasteiger partial charge is 0.500 e. The first kappa shape index (κ1) is 20.0. The summed E-state index contributed by atoms with van der Waals surface area (Å²) in [6.07, 6.45) is 0.913. The van der Waals surface area contributed by atoms with Crippen LogP contribution in [0.1, 0.15) is 10.4 Å². The minimum absolute atomic E-state index is 0.0784. The Kier molecular flexibility index (Phi) is 6.19. The summed E-state index contributed by atoms with van der Waals surface area (Å²) in [7, 11) is -1.79. The third-order valence-corrected chi connectivity index (χ3v) is 5.19. The second-order valence-electron chi connectivity index (χ2n) is 5.06. The molecule has 1 N–H and O–H groups in total. The van der Waals surface area contributed by atoms with Crippen molar-refractivity contribution in [2.75, 3.05) is 14.2 Å². The number of carboxylic acid groups (broad SMARTS) is 1. The Morgan fingerprint density at radius 2 is 1.67 bits per heavy atom. The summed E-state index contributed by atoms with van der Waals surface area (Å²) in [4.78, 5) is 23.0. The lowest BCUT2D eigenvalue weighted by molar-refractivity contribution is -0.138. The molecular formula is C18H16O8S. The molecule has 0 heterocycles. The number of methoxy groups -OCH3 is 2. The van der Waals surface area contributed by atoms with Crippen LogP contribution in [0.25, 0.3) is 0 Å². The fourth-order valence-corrected chi connectivity index (χ4v) is 3.68. The van der Waals surface area contributed by atoms with E-state index in [-0.39, 0.29) is 10.6 Å². The molecule has 0 unspecified atom stereocenters. The third-order valence-electron chi connectivity index (χ3n) is 3.38. The van der Waals surface area contributed by atoms with Crippen molar-refractivity contribution in [2.24, 2.45) is 0 Å². The van der Waals surface area contributed by atoms with E-state index in [9.17, 15) is 23.1 Å². The number of aromatic carboxylic acids is 1. The van der Waals surface area contributed by atoms with E-state index in [1.165, 1.54) is 43.5 Å². The molecule has 27 heavy (non-hydrogen) atoms. The number of benzene rings is 2. The number of carbonyl (C=O) groups is 2. The van der Waals surface area contributed by atoms with Gasteiger partial charge in [-0.15, -0.1) is 0 Å². The lowest BCUT2D eigenvalue weighted by Crippen LogP contribution is -2.15. The highest BCUT2D eigenvalue weighted by atomic mass is 32.2. The Morgan fingerprint density at radius 1 is 1.00 bits per heavy atom. The van der Waals surface area contributed by atoms with Gasteiger partial charge in [-0.1, -0.05) is 24.3 Å². The highest BCUT2D eigenvalue weighted by Gasteiger charge is 2.28. The predicted octanol–water partition coefficient (Wildman–Crippen LogP) is 2.26. The number of hydrogen-bond acceptors (Lipinski definition) is 7. The number of esters is 1. The molecule has 0 aliphatic carbocycles. The number of carboxylic acids is 1. The molecule has 0 saturated heterocycles. The Hall–Kier alpha value is -3.33. The first-order valence-corrected chi connectivity index (χ1v) is 8.96. The van der Waals surface area contributed by atoms with Crippen LogP contribution in [-0.4, -0.2) is 39.7 Å². The van der Waals surface area contributed by atoms with E-state index in [1.807, 2.05) is 0 Å². The molecule has 142 valence electrons. The van der Waals surface area contributed by atoms with Crippen LogP contribution in [0.3, 0.4) is 0 Å². The van der Waals surface area contributed by atoms with Crippen LogP contribution < -0.4 is 4.74 Å². The molecule has 0 fully saturated rings. The number of hydrogen-bond donors (Lipinski definition) is 1. The molecule has 0 radical (unpaired) electrons. The molecular weight excluding hydrogens is 376 g/mol. The average molecular weight is 392 g/mol. The second-order valence-corrected chi connectivity index (χ2v) is 6.98. The normalized spacial score (nSPS) is 11.6. The first-order chi connectivity index (χ1) is 12.8. The molecule has 8 nitrogen and oxygen atoms in total. The average Bonchev–Trinajstić information content (AvgIpc) is 2.67. The van der Waals surface area contributed by atoms with Gasteiger partial charge in [0.15, 0.2) is 0 Å². The number of sulfone groups is 1. The molecule has 2 aromatic rings. The van der Waals surface area contributed by atoms with Crippen molar-refractivity contribution < 1.29 is 37.3 Å². The summed E-state index contributed by atoms with van der Waals surface area (Å²) in [6.45, 7) is 0. The molecule has 0 bridgehead atoms.